The molecule has 0 aromatic rings. The van der Waals surface area contributed by atoms with E-state index >= 15 is 0 Å². The van der Waals surface area contributed by atoms with Crippen molar-refractivity contribution >= 4 is 16.3 Å². The molecule has 0 aromatic heterocycles. The Morgan fingerprint density at radius 3 is 3.00 bits per heavy atom. The topological polar surface area (TPSA) is 38.7 Å². The van der Waals surface area contributed by atoms with Crippen LogP contribution in [0.1, 0.15) is 32.1 Å². The maximum Gasteiger partial charge on any atom is 0.234 e. The molecular formula is C9H17NO2Si. The van der Waals surface area contributed by atoms with Crippen LogP contribution in [0.4, 0.5) is 0 Å². The van der Waals surface area contributed by atoms with Crippen LogP contribution in [0.15, 0.2) is 4.99 Å². The molecule has 1 unspecified atom stereocenters. The second-order valence-electron chi connectivity index (χ2n) is 3.83. The van der Waals surface area contributed by atoms with Crippen LogP contribution in [0.2, 0.25) is 0 Å². The van der Waals surface area contributed by atoms with Crippen molar-refractivity contribution in [3.63, 3.8) is 0 Å². The fraction of sp³-hybridized carbons (Fsp3) is 0.889. The second-order valence-corrected chi connectivity index (χ2v) is 5.65. The number of ether oxygens (including phenoxy) is 1. The predicted octanol–water partition coefficient (Wildman–Crippen LogP) is 0.365. The molecule has 0 N–H and O–H groups in total. The van der Waals surface area contributed by atoms with Gasteiger partial charge in [-0.15, -0.1) is 0 Å². The van der Waals surface area contributed by atoms with Crippen molar-refractivity contribution in [3.8, 4) is 0 Å². The smallest absolute Gasteiger partial charge is 0.234 e. The number of nitrogens with zero attached hydrogens (tertiary/aromatic N) is 1. The maximum atomic E-state index is 9.82. The lowest BCUT2D eigenvalue weighted by Crippen LogP contribution is -2.36. The molecule has 1 fully saturated rings. The molecule has 1 atom stereocenters. The fourth-order valence-electron chi connectivity index (χ4n) is 1.77. The zero-order valence-corrected chi connectivity index (χ0v) is 10.2. The SMILES string of the molecule is O=C=NCCCC1([SiH3])CCCCO1. The first kappa shape index (κ1) is 10.6. The number of hydrogen-bond donors (Lipinski definition) is 0. The van der Waals surface area contributed by atoms with Crippen molar-refractivity contribution in [2.45, 2.75) is 37.3 Å². The van der Waals surface area contributed by atoms with Gasteiger partial charge < -0.3 is 4.74 Å². The van der Waals surface area contributed by atoms with Crippen LogP contribution in [0.25, 0.3) is 0 Å². The number of rotatable bonds is 4. The van der Waals surface area contributed by atoms with E-state index in [9.17, 15) is 4.79 Å². The minimum Gasteiger partial charge on any atom is -0.380 e. The van der Waals surface area contributed by atoms with Crippen molar-refractivity contribution in [1.82, 2.24) is 0 Å². The molecule has 4 heteroatoms. The normalized spacial score (nSPS) is 28.3. The van der Waals surface area contributed by atoms with Crippen molar-refractivity contribution in [1.29, 1.82) is 0 Å². The number of aliphatic imine (C=N–C) groups is 1. The second kappa shape index (κ2) is 5.32. The summed E-state index contributed by atoms with van der Waals surface area (Å²) in [5.74, 6) is 0. The van der Waals surface area contributed by atoms with E-state index in [-0.39, 0.29) is 5.22 Å². The molecule has 13 heavy (non-hydrogen) atoms. The van der Waals surface area contributed by atoms with Crippen molar-refractivity contribution in [2.75, 3.05) is 13.2 Å². The molecule has 0 aliphatic carbocycles. The molecule has 0 radical (unpaired) electrons. The summed E-state index contributed by atoms with van der Waals surface area (Å²) in [5, 5.41) is 0.177. The summed E-state index contributed by atoms with van der Waals surface area (Å²) in [4.78, 5) is 13.4. The van der Waals surface area contributed by atoms with Gasteiger partial charge in [-0.05, 0) is 32.1 Å². The largest absolute Gasteiger partial charge is 0.380 e. The van der Waals surface area contributed by atoms with E-state index in [0.717, 1.165) is 29.7 Å². The lowest BCUT2D eigenvalue weighted by molar-refractivity contribution is -0.0232. The molecule has 0 bridgehead atoms. The summed E-state index contributed by atoms with van der Waals surface area (Å²) < 4.78 is 5.77. The highest BCUT2D eigenvalue weighted by Crippen LogP contribution is 2.25. The fourth-order valence-corrected chi connectivity index (χ4v) is 2.68. The van der Waals surface area contributed by atoms with Gasteiger partial charge in [-0.25, -0.2) is 9.79 Å². The van der Waals surface area contributed by atoms with Crippen LogP contribution in [-0.2, 0) is 9.53 Å². The quantitative estimate of drug-likeness (QED) is 0.284. The van der Waals surface area contributed by atoms with Gasteiger partial charge in [0.2, 0.25) is 6.08 Å². The highest BCUT2D eigenvalue weighted by molar-refractivity contribution is 6.14. The first-order valence-electron chi connectivity index (χ1n) is 4.94. The van der Waals surface area contributed by atoms with Gasteiger partial charge in [-0.2, -0.15) is 0 Å². The van der Waals surface area contributed by atoms with Crippen molar-refractivity contribution < 1.29 is 9.53 Å². The highest BCUT2D eigenvalue weighted by atomic mass is 28.1. The Morgan fingerprint density at radius 2 is 2.38 bits per heavy atom. The molecular weight excluding hydrogens is 182 g/mol. The Kier molecular flexibility index (Phi) is 4.35. The van der Waals surface area contributed by atoms with Crippen LogP contribution in [-0.4, -0.2) is 34.7 Å². The summed E-state index contributed by atoms with van der Waals surface area (Å²) in [6.07, 6.45) is 7.28. The lowest BCUT2D eigenvalue weighted by Gasteiger charge is -2.34. The summed E-state index contributed by atoms with van der Waals surface area (Å²) in [6.45, 7) is 1.53. The van der Waals surface area contributed by atoms with E-state index < -0.39 is 0 Å². The van der Waals surface area contributed by atoms with Gasteiger partial charge in [0.1, 0.15) is 0 Å². The zero-order chi connectivity index (χ0) is 9.57. The van der Waals surface area contributed by atoms with Crippen LogP contribution in [0, 0.1) is 0 Å². The molecule has 1 aliphatic heterocycles. The molecule has 1 rings (SSSR count). The first-order valence-corrected chi connectivity index (χ1v) is 5.94. The van der Waals surface area contributed by atoms with Crippen LogP contribution >= 0.6 is 0 Å². The maximum absolute atomic E-state index is 9.82. The van der Waals surface area contributed by atoms with Crippen molar-refractivity contribution in [3.05, 3.63) is 0 Å². The zero-order valence-electron chi connectivity index (χ0n) is 8.21. The Balaban J connectivity index is 2.20. The molecule has 1 aliphatic rings. The van der Waals surface area contributed by atoms with Gasteiger partial charge in [-0.1, -0.05) is 0 Å². The third-order valence-electron chi connectivity index (χ3n) is 2.59. The Labute approximate surface area is 82.0 Å². The molecule has 0 aromatic carbocycles. The van der Waals surface area contributed by atoms with E-state index in [2.05, 4.69) is 4.99 Å². The van der Waals surface area contributed by atoms with E-state index in [1.54, 1.807) is 6.08 Å². The standard InChI is InChI=1S/C9H17NO2Si/c11-8-10-6-3-5-9(13)4-1-2-7-12-9/h1-7H2,13H3. The predicted molar refractivity (Wildman–Crippen MR) is 54.7 cm³/mol. The van der Waals surface area contributed by atoms with E-state index in [0.29, 0.717) is 6.54 Å². The van der Waals surface area contributed by atoms with Gasteiger partial charge in [0, 0.05) is 22.1 Å². The Morgan fingerprint density at radius 1 is 1.54 bits per heavy atom. The Hall–Kier alpha value is -0.443. The average molecular weight is 199 g/mol. The van der Waals surface area contributed by atoms with Gasteiger partial charge in [0.25, 0.3) is 0 Å². The molecule has 3 nitrogen and oxygen atoms in total. The van der Waals surface area contributed by atoms with Gasteiger partial charge in [0.15, 0.2) is 0 Å². The van der Waals surface area contributed by atoms with Crippen LogP contribution in [0.5, 0.6) is 0 Å². The first-order chi connectivity index (χ1) is 6.27. The van der Waals surface area contributed by atoms with Crippen LogP contribution < -0.4 is 0 Å². The molecule has 74 valence electrons. The lowest BCUT2D eigenvalue weighted by atomic mass is 10.0. The third-order valence-corrected chi connectivity index (χ3v) is 3.88. The summed E-state index contributed by atoms with van der Waals surface area (Å²) in [6, 6.07) is 0. The summed E-state index contributed by atoms with van der Waals surface area (Å²) in [7, 11) is 1.09. The monoisotopic (exact) mass is 199 g/mol. The molecule has 0 amide bonds. The number of hydrogen-bond acceptors (Lipinski definition) is 3. The third kappa shape index (κ3) is 3.85. The Bertz CT molecular complexity index is 196. The van der Waals surface area contributed by atoms with Gasteiger partial charge in [-0.3, -0.25) is 0 Å². The number of isocyanates is 1. The minimum absolute atomic E-state index is 0.177. The molecule has 0 spiro atoms. The molecule has 1 heterocycles. The number of carbonyl (C=O) groups excluding carboxylic acids is 1. The van der Waals surface area contributed by atoms with Crippen molar-refractivity contribution in [2.24, 2.45) is 4.99 Å². The molecule has 0 saturated carbocycles. The highest BCUT2D eigenvalue weighted by Gasteiger charge is 2.26. The minimum atomic E-state index is 0.177. The van der Waals surface area contributed by atoms with Gasteiger partial charge >= 0.3 is 0 Å². The van der Waals surface area contributed by atoms with Crippen LogP contribution in [0.3, 0.4) is 0 Å². The van der Waals surface area contributed by atoms with E-state index in [4.69, 9.17) is 4.74 Å². The molecule has 1 saturated heterocycles. The van der Waals surface area contributed by atoms with E-state index in [1.165, 1.54) is 19.3 Å². The summed E-state index contributed by atoms with van der Waals surface area (Å²) in [5.41, 5.74) is 0. The van der Waals surface area contributed by atoms with E-state index in [1.807, 2.05) is 0 Å². The van der Waals surface area contributed by atoms with Gasteiger partial charge in [0.05, 0.1) is 6.54 Å². The summed E-state index contributed by atoms with van der Waals surface area (Å²) >= 11 is 0. The average Bonchev–Trinajstić information content (AvgIpc) is 2.14.